The minimum atomic E-state index is -0.469. The quantitative estimate of drug-likeness (QED) is 0.842. The smallest absolute Gasteiger partial charge is 0.254 e. The number of aromatic nitrogens is 2. The molecule has 0 fully saturated rings. The van der Waals surface area contributed by atoms with E-state index in [0.29, 0.717) is 5.56 Å². The first-order valence-corrected chi connectivity index (χ1v) is 5.11. The second-order valence-corrected chi connectivity index (χ2v) is 3.94. The van der Waals surface area contributed by atoms with Gasteiger partial charge >= 0.3 is 0 Å². The van der Waals surface area contributed by atoms with Gasteiger partial charge in [0.25, 0.3) is 5.56 Å². The van der Waals surface area contributed by atoms with Crippen LogP contribution in [0.25, 0.3) is 11.4 Å². The van der Waals surface area contributed by atoms with Gasteiger partial charge in [-0.2, -0.15) is 4.98 Å². The highest BCUT2D eigenvalue weighted by molar-refractivity contribution is 9.10. The third-order valence-corrected chi connectivity index (χ3v) is 2.53. The summed E-state index contributed by atoms with van der Waals surface area (Å²) in [5.74, 6) is -0.601. The molecule has 0 amide bonds. The van der Waals surface area contributed by atoms with Crippen LogP contribution in [-0.4, -0.2) is 15.1 Å². The van der Waals surface area contributed by atoms with Crippen molar-refractivity contribution in [1.82, 2.24) is 9.97 Å². The van der Waals surface area contributed by atoms with Crippen molar-refractivity contribution in [2.75, 3.05) is 0 Å². The van der Waals surface area contributed by atoms with Crippen LogP contribution in [-0.2, 0) is 0 Å². The zero-order valence-corrected chi connectivity index (χ0v) is 9.45. The second-order valence-electron chi connectivity index (χ2n) is 3.08. The van der Waals surface area contributed by atoms with Gasteiger partial charge in [0.2, 0.25) is 5.88 Å². The fourth-order valence-electron chi connectivity index (χ4n) is 1.22. The van der Waals surface area contributed by atoms with E-state index >= 15 is 0 Å². The van der Waals surface area contributed by atoms with E-state index in [1.54, 1.807) is 0 Å². The molecular weight excluding hydrogens is 279 g/mol. The lowest BCUT2D eigenvalue weighted by Gasteiger charge is -2.02. The summed E-state index contributed by atoms with van der Waals surface area (Å²) in [4.78, 5) is 17.3. The van der Waals surface area contributed by atoms with Crippen molar-refractivity contribution >= 4 is 15.9 Å². The van der Waals surface area contributed by atoms with Crippen LogP contribution in [0.1, 0.15) is 0 Å². The maximum absolute atomic E-state index is 13.0. The standard InChI is InChI=1S/C10H6BrFN2O2/c11-6-3-5(1-2-7(6)12)10-13-8(15)4-9(16)14-10/h1-4H,(H2,13,14,15,16). The molecule has 0 radical (unpaired) electrons. The molecule has 0 aliphatic carbocycles. The van der Waals surface area contributed by atoms with Crippen molar-refractivity contribution in [3.8, 4) is 17.3 Å². The topological polar surface area (TPSA) is 66.0 Å². The molecule has 2 aromatic rings. The Kier molecular flexibility index (Phi) is 2.74. The zero-order valence-electron chi connectivity index (χ0n) is 7.87. The van der Waals surface area contributed by atoms with Gasteiger partial charge < -0.3 is 10.1 Å². The number of nitrogens with zero attached hydrogens (tertiary/aromatic N) is 1. The Morgan fingerprint density at radius 2 is 2.12 bits per heavy atom. The zero-order chi connectivity index (χ0) is 11.7. The molecule has 2 rings (SSSR count). The molecule has 1 aromatic heterocycles. The van der Waals surface area contributed by atoms with E-state index < -0.39 is 11.4 Å². The van der Waals surface area contributed by atoms with Crippen LogP contribution >= 0.6 is 15.9 Å². The average Bonchev–Trinajstić information content (AvgIpc) is 2.20. The number of hydrogen-bond donors (Lipinski definition) is 2. The summed E-state index contributed by atoms with van der Waals surface area (Å²) < 4.78 is 13.2. The van der Waals surface area contributed by atoms with Gasteiger partial charge in [0.05, 0.1) is 10.5 Å². The van der Waals surface area contributed by atoms with Crippen LogP contribution in [0.3, 0.4) is 0 Å². The van der Waals surface area contributed by atoms with Crippen LogP contribution in [0, 0.1) is 5.82 Å². The van der Waals surface area contributed by atoms with Gasteiger partial charge in [-0.05, 0) is 34.1 Å². The van der Waals surface area contributed by atoms with Crippen molar-refractivity contribution in [2.45, 2.75) is 0 Å². The van der Waals surface area contributed by atoms with Gasteiger partial charge in [0, 0.05) is 5.56 Å². The van der Waals surface area contributed by atoms with E-state index in [9.17, 15) is 9.18 Å². The van der Waals surface area contributed by atoms with Crippen molar-refractivity contribution in [3.05, 3.63) is 44.9 Å². The Bertz CT molecular complexity index is 598. The molecule has 0 saturated heterocycles. The van der Waals surface area contributed by atoms with E-state index in [1.807, 2.05) is 0 Å². The maximum atomic E-state index is 13.0. The molecule has 0 saturated carbocycles. The largest absolute Gasteiger partial charge is 0.493 e. The third kappa shape index (κ3) is 2.11. The number of nitrogens with one attached hydrogen (secondary N) is 1. The van der Waals surface area contributed by atoms with Crippen molar-refractivity contribution < 1.29 is 9.50 Å². The average molecular weight is 285 g/mol. The van der Waals surface area contributed by atoms with Gasteiger partial charge in [0.15, 0.2) is 0 Å². The number of halogens is 2. The fourth-order valence-corrected chi connectivity index (χ4v) is 1.60. The molecule has 0 atom stereocenters. The number of benzene rings is 1. The number of rotatable bonds is 1. The van der Waals surface area contributed by atoms with Crippen molar-refractivity contribution in [1.29, 1.82) is 0 Å². The molecule has 4 nitrogen and oxygen atoms in total. The van der Waals surface area contributed by atoms with Gasteiger partial charge in [-0.3, -0.25) is 4.79 Å². The summed E-state index contributed by atoms with van der Waals surface area (Å²) in [5.41, 5.74) is 0.0317. The summed E-state index contributed by atoms with van der Waals surface area (Å²) in [6, 6.07) is 5.12. The normalized spacial score (nSPS) is 10.4. The van der Waals surface area contributed by atoms with Crippen molar-refractivity contribution in [2.24, 2.45) is 0 Å². The molecule has 1 heterocycles. The molecule has 82 valence electrons. The summed E-state index contributed by atoms with van der Waals surface area (Å²) in [6.45, 7) is 0. The Morgan fingerprint density at radius 3 is 2.75 bits per heavy atom. The first-order chi connectivity index (χ1) is 7.56. The lowest BCUT2D eigenvalue weighted by Crippen LogP contribution is -2.06. The summed E-state index contributed by atoms with van der Waals surface area (Å²) in [6.07, 6.45) is 0. The monoisotopic (exact) mass is 284 g/mol. The van der Waals surface area contributed by atoms with Gasteiger partial charge in [-0.1, -0.05) is 0 Å². The predicted molar refractivity (Wildman–Crippen MR) is 59.6 cm³/mol. The molecule has 16 heavy (non-hydrogen) atoms. The predicted octanol–water partition coefficient (Wildman–Crippen LogP) is 2.04. The Morgan fingerprint density at radius 1 is 1.38 bits per heavy atom. The second kappa shape index (κ2) is 4.05. The van der Waals surface area contributed by atoms with E-state index in [0.717, 1.165) is 6.07 Å². The molecule has 0 spiro atoms. The number of H-pyrrole nitrogens is 1. The highest BCUT2D eigenvalue weighted by Gasteiger charge is 2.06. The number of aromatic hydroxyl groups is 1. The molecule has 1 aromatic carbocycles. The Labute approximate surface area is 97.9 Å². The van der Waals surface area contributed by atoms with Crippen LogP contribution < -0.4 is 5.56 Å². The molecule has 0 bridgehead atoms. The number of hydrogen-bond acceptors (Lipinski definition) is 3. The molecule has 0 unspecified atom stereocenters. The first kappa shape index (κ1) is 10.8. The third-order valence-electron chi connectivity index (χ3n) is 1.92. The molecular formula is C10H6BrFN2O2. The molecule has 0 aliphatic rings. The van der Waals surface area contributed by atoms with Crippen LogP contribution in [0.15, 0.2) is 33.5 Å². The minimum absolute atomic E-state index is 0.186. The first-order valence-electron chi connectivity index (χ1n) is 4.32. The van der Waals surface area contributed by atoms with Crippen LogP contribution in [0.2, 0.25) is 0 Å². The van der Waals surface area contributed by atoms with Gasteiger partial charge in [-0.25, -0.2) is 4.39 Å². The highest BCUT2D eigenvalue weighted by Crippen LogP contribution is 2.22. The Hall–Kier alpha value is -1.69. The van der Waals surface area contributed by atoms with Gasteiger partial charge in [0.1, 0.15) is 11.6 Å². The molecule has 2 N–H and O–H groups in total. The summed E-state index contributed by atoms with van der Waals surface area (Å²) in [7, 11) is 0. The van der Waals surface area contributed by atoms with Crippen molar-refractivity contribution in [3.63, 3.8) is 0 Å². The van der Waals surface area contributed by atoms with Crippen LogP contribution in [0.5, 0.6) is 5.88 Å². The van der Waals surface area contributed by atoms with E-state index in [2.05, 4.69) is 25.9 Å². The van der Waals surface area contributed by atoms with E-state index in [-0.39, 0.29) is 16.2 Å². The minimum Gasteiger partial charge on any atom is -0.493 e. The van der Waals surface area contributed by atoms with Gasteiger partial charge in [-0.15, -0.1) is 0 Å². The SMILES string of the molecule is O=c1cc(O)nc(-c2ccc(F)c(Br)c2)[nH]1. The fraction of sp³-hybridized carbons (Fsp3) is 0. The number of aromatic amines is 1. The van der Waals surface area contributed by atoms with Crippen LogP contribution in [0.4, 0.5) is 4.39 Å². The lowest BCUT2D eigenvalue weighted by molar-refractivity contribution is 0.452. The Balaban J connectivity index is 2.58. The lowest BCUT2D eigenvalue weighted by atomic mass is 10.2. The highest BCUT2D eigenvalue weighted by atomic mass is 79.9. The van der Waals surface area contributed by atoms with E-state index in [1.165, 1.54) is 18.2 Å². The molecule has 6 heteroatoms. The molecule has 0 aliphatic heterocycles. The summed E-state index contributed by atoms with van der Waals surface area (Å²) in [5, 5.41) is 9.16. The maximum Gasteiger partial charge on any atom is 0.254 e. The summed E-state index contributed by atoms with van der Waals surface area (Å²) >= 11 is 3.02. The van der Waals surface area contributed by atoms with E-state index in [4.69, 9.17) is 5.11 Å².